The van der Waals surface area contributed by atoms with Gasteiger partial charge in [-0.05, 0) is 25.0 Å². The number of nitrogens with zero attached hydrogens (tertiary/aromatic N) is 4. The predicted molar refractivity (Wildman–Crippen MR) is 74.4 cm³/mol. The van der Waals surface area contributed by atoms with Crippen molar-refractivity contribution in [1.82, 2.24) is 20.1 Å². The first kappa shape index (κ1) is 13.5. The summed E-state index contributed by atoms with van der Waals surface area (Å²) in [5.74, 6) is 0. The number of nitriles is 1. The van der Waals surface area contributed by atoms with Crippen molar-refractivity contribution in [2.24, 2.45) is 7.05 Å². The molecule has 2 aromatic rings. The summed E-state index contributed by atoms with van der Waals surface area (Å²) < 4.78 is 1.80. The number of rotatable bonds is 5. The summed E-state index contributed by atoms with van der Waals surface area (Å²) in [7, 11) is 1.90. The Morgan fingerprint density at radius 3 is 3.00 bits per heavy atom. The quantitative estimate of drug-likeness (QED) is 0.890. The standard InChI is InChI=1S/C14H19N5/c1-4-12(5-6-15)16-8-11-7-13-10(2)18-19(3)14(13)17-9-11/h7,9,12,16H,4-5,8H2,1-3H3. The fourth-order valence-electron chi connectivity index (χ4n) is 2.18. The Balaban J connectivity index is 2.13. The summed E-state index contributed by atoms with van der Waals surface area (Å²) in [4.78, 5) is 4.45. The van der Waals surface area contributed by atoms with Gasteiger partial charge >= 0.3 is 0 Å². The molecule has 19 heavy (non-hydrogen) atoms. The average molecular weight is 257 g/mol. The van der Waals surface area contributed by atoms with Crippen LogP contribution >= 0.6 is 0 Å². The van der Waals surface area contributed by atoms with E-state index in [1.165, 1.54) is 0 Å². The highest BCUT2D eigenvalue weighted by Gasteiger charge is 2.08. The molecule has 0 saturated heterocycles. The summed E-state index contributed by atoms with van der Waals surface area (Å²) in [5, 5.41) is 17.6. The van der Waals surface area contributed by atoms with Crippen molar-refractivity contribution in [1.29, 1.82) is 5.26 Å². The minimum atomic E-state index is 0.246. The third-order valence-corrected chi connectivity index (χ3v) is 3.34. The number of aromatic nitrogens is 3. The Morgan fingerprint density at radius 2 is 2.32 bits per heavy atom. The van der Waals surface area contributed by atoms with Crippen LogP contribution in [-0.2, 0) is 13.6 Å². The third kappa shape index (κ3) is 2.91. The Labute approximate surface area is 113 Å². The van der Waals surface area contributed by atoms with Crippen LogP contribution in [0.25, 0.3) is 11.0 Å². The van der Waals surface area contributed by atoms with E-state index in [4.69, 9.17) is 5.26 Å². The van der Waals surface area contributed by atoms with Crippen molar-refractivity contribution >= 4 is 11.0 Å². The van der Waals surface area contributed by atoms with Gasteiger partial charge in [-0.1, -0.05) is 6.92 Å². The lowest BCUT2D eigenvalue weighted by Gasteiger charge is -2.13. The van der Waals surface area contributed by atoms with Gasteiger partial charge in [0, 0.05) is 31.2 Å². The lowest BCUT2D eigenvalue weighted by Crippen LogP contribution is -2.27. The Bertz CT molecular complexity index is 608. The second kappa shape index (κ2) is 5.81. The van der Waals surface area contributed by atoms with Gasteiger partial charge < -0.3 is 5.32 Å². The molecule has 1 unspecified atom stereocenters. The zero-order valence-corrected chi connectivity index (χ0v) is 11.6. The van der Waals surface area contributed by atoms with Gasteiger partial charge in [0.05, 0.1) is 18.2 Å². The highest BCUT2D eigenvalue weighted by Crippen LogP contribution is 2.16. The Kier molecular flexibility index (Phi) is 4.13. The van der Waals surface area contributed by atoms with Crippen LogP contribution in [0.3, 0.4) is 0 Å². The largest absolute Gasteiger partial charge is 0.309 e. The van der Waals surface area contributed by atoms with Crippen LogP contribution in [0.5, 0.6) is 0 Å². The summed E-state index contributed by atoms with van der Waals surface area (Å²) >= 11 is 0. The van der Waals surface area contributed by atoms with E-state index in [0.717, 1.165) is 35.3 Å². The second-order valence-corrected chi connectivity index (χ2v) is 4.77. The van der Waals surface area contributed by atoms with Crippen molar-refractivity contribution in [2.45, 2.75) is 39.3 Å². The summed E-state index contributed by atoms with van der Waals surface area (Å²) in [6.07, 6.45) is 3.36. The smallest absolute Gasteiger partial charge is 0.157 e. The molecule has 5 heteroatoms. The molecule has 1 N–H and O–H groups in total. The molecule has 0 amide bonds. The molecule has 0 spiro atoms. The number of aryl methyl sites for hydroxylation is 2. The number of hydrogen-bond donors (Lipinski definition) is 1. The van der Waals surface area contributed by atoms with Gasteiger partial charge in [0.1, 0.15) is 0 Å². The van der Waals surface area contributed by atoms with Crippen LogP contribution in [-0.4, -0.2) is 20.8 Å². The van der Waals surface area contributed by atoms with Crippen molar-refractivity contribution in [3.8, 4) is 6.07 Å². The van der Waals surface area contributed by atoms with E-state index in [9.17, 15) is 0 Å². The molecule has 0 aliphatic carbocycles. The van der Waals surface area contributed by atoms with E-state index >= 15 is 0 Å². The molecule has 0 saturated carbocycles. The molecule has 1 atom stereocenters. The Hall–Kier alpha value is -1.93. The fourth-order valence-corrected chi connectivity index (χ4v) is 2.18. The number of hydrogen-bond acceptors (Lipinski definition) is 4. The van der Waals surface area contributed by atoms with Crippen molar-refractivity contribution in [3.63, 3.8) is 0 Å². The van der Waals surface area contributed by atoms with Crippen molar-refractivity contribution in [3.05, 3.63) is 23.5 Å². The SMILES string of the molecule is CCC(CC#N)NCc1cnc2c(c1)c(C)nn2C. The number of nitrogens with one attached hydrogen (secondary N) is 1. The van der Waals surface area contributed by atoms with Gasteiger partial charge in [0.25, 0.3) is 0 Å². The zero-order chi connectivity index (χ0) is 13.8. The minimum absolute atomic E-state index is 0.246. The van der Waals surface area contributed by atoms with E-state index < -0.39 is 0 Å². The highest BCUT2D eigenvalue weighted by molar-refractivity contribution is 5.78. The van der Waals surface area contributed by atoms with Gasteiger partial charge in [-0.3, -0.25) is 4.68 Å². The van der Waals surface area contributed by atoms with Crippen LogP contribution < -0.4 is 5.32 Å². The van der Waals surface area contributed by atoms with Crippen LogP contribution in [0.1, 0.15) is 31.0 Å². The maximum absolute atomic E-state index is 8.73. The van der Waals surface area contributed by atoms with E-state index in [2.05, 4.69) is 34.5 Å². The minimum Gasteiger partial charge on any atom is -0.309 e. The number of fused-ring (bicyclic) bond motifs is 1. The fraction of sp³-hybridized carbons (Fsp3) is 0.500. The molecule has 0 fully saturated rings. The van der Waals surface area contributed by atoms with Gasteiger partial charge in [-0.25, -0.2) is 4.98 Å². The molecule has 100 valence electrons. The molecule has 5 nitrogen and oxygen atoms in total. The van der Waals surface area contributed by atoms with E-state index in [0.29, 0.717) is 6.42 Å². The van der Waals surface area contributed by atoms with Crippen molar-refractivity contribution in [2.75, 3.05) is 0 Å². The average Bonchev–Trinajstić information content (AvgIpc) is 2.70. The first-order valence-corrected chi connectivity index (χ1v) is 6.54. The molecule has 0 aromatic carbocycles. The van der Waals surface area contributed by atoms with Crippen LogP contribution in [0.15, 0.2) is 12.3 Å². The third-order valence-electron chi connectivity index (χ3n) is 3.34. The van der Waals surface area contributed by atoms with Gasteiger partial charge in [0.15, 0.2) is 5.65 Å². The molecule has 0 bridgehead atoms. The normalized spacial score (nSPS) is 12.5. The molecular weight excluding hydrogens is 238 g/mol. The van der Waals surface area contributed by atoms with E-state index in [1.807, 2.05) is 20.2 Å². The summed E-state index contributed by atoms with van der Waals surface area (Å²) in [6.45, 7) is 4.81. The summed E-state index contributed by atoms with van der Waals surface area (Å²) in [5.41, 5.74) is 3.03. The topological polar surface area (TPSA) is 66.5 Å². The van der Waals surface area contributed by atoms with Crippen LogP contribution in [0, 0.1) is 18.3 Å². The molecule has 2 rings (SSSR count). The highest BCUT2D eigenvalue weighted by atomic mass is 15.3. The van der Waals surface area contributed by atoms with Crippen molar-refractivity contribution < 1.29 is 0 Å². The summed E-state index contributed by atoms with van der Waals surface area (Å²) in [6, 6.07) is 4.57. The maximum Gasteiger partial charge on any atom is 0.157 e. The second-order valence-electron chi connectivity index (χ2n) is 4.77. The predicted octanol–water partition coefficient (Wildman–Crippen LogP) is 2.06. The van der Waals surface area contributed by atoms with Gasteiger partial charge in [0.2, 0.25) is 0 Å². The maximum atomic E-state index is 8.73. The van der Waals surface area contributed by atoms with Gasteiger partial charge in [-0.2, -0.15) is 10.4 Å². The first-order valence-electron chi connectivity index (χ1n) is 6.54. The Morgan fingerprint density at radius 1 is 1.53 bits per heavy atom. The zero-order valence-electron chi connectivity index (χ0n) is 11.6. The molecule has 0 radical (unpaired) electrons. The molecule has 2 aromatic heterocycles. The first-order chi connectivity index (χ1) is 9.15. The van der Waals surface area contributed by atoms with E-state index in [1.54, 1.807) is 4.68 Å². The monoisotopic (exact) mass is 257 g/mol. The lowest BCUT2D eigenvalue weighted by atomic mass is 10.1. The lowest BCUT2D eigenvalue weighted by molar-refractivity contribution is 0.504. The van der Waals surface area contributed by atoms with Crippen LogP contribution in [0.4, 0.5) is 0 Å². The molecule has 0 aliphatic rings. The molecule has 0 aliphatic heterocycles. The molecule has 2 heterocycles. The van der Waals surface area contributed by atoms with Crippen LogP contribution in [0.2, 0.25) is 0 Å². The van der Waals surface area contributed by atoms with Gasteiger partial charge in [-0.15, -0.1) is 0 Å². The van der Waals surface area contributed by atoms with E-state index in [-0.39, 0.29) is 6.04 Å². The number of pyridine rings is 1. The molecular formula is C14H19N5.